The van der Waals surface area contributed by atoms with Crippen LogP contribution in [-0.4, -0.2) is 31.5 Å². The third-order valence-electron chi connectivity index (χ3n) is 1.24. The molecule has 5 heteroatoms. The summed E-state index contributed by atoms with van der Waals surface area (Å²) >= 11 is 5.24. The maximum absolute atomic E-state index is 11.0. The molecular formula is C6H14ClNO2S. The van der Waals surface area contributed by atoms with Crippen LogP contribution in [0.1, 0.15) is 13.8 Å². The molecule has 11 heavy (non-hydrogen) atoms. The van der Waals surface area contributed by atoms with Gasteiger partial charge >= 0.3 is 0 Å². The molecule has 0 aromatic heterocycles. The molecule has 0 atom stereocenters. The minimum absolute atomic E-state index is 0.331. The SMILES string of the molecule is CC(C)CN(C)S(=O)(=O)CCl. The fourth-order valence-electron chi connectivity index (χ4n) is 0.711. The number of hydrogen-bond acceptors (Lipinski definition) is 2. The molecule has 0 aliphatic rings. The summed E-state index contributed by atoms with van der Waals surface area (Å²) in [4.78, 5) is 0. The number of halogens is 1. The lowest BCUT2D eigenvalue weighted by Crippen LogP contribution is -2.30. The zero-order valence-electron chi connectivity index (χ0n) is 7.04. The van der Waals surface area contributed by atoms with Gasteiger partial charge in [0.15, 0.2) is 0 Å². The minimum Gasteiger partial charge on any atom is -0.211 e. The largest absolute Gasteiger partial charge is 0.227 e. The van der Waals surface area contributed by atoms with Crippen molar-refractivity contribution in [1.82, 2.24) is 4.31 Å². The van der Waals surface area contributed by atoms with Gasteiger partial charge in [-0.15, -0.1) is 11.6 Å². The van der Waals surface area contributed by atoms with E-state index >= 15 is 0 Å². The highest BCUT2D eigenvalue weighted by molar-refractivity contribution is 7.90. The van der Waals surface area contributed by atoms with Gasteiger partial charge in [0.2, 0.25) is 10.0 Å². The molecule has 0 spiro atoms. The van der Waals surface area contributed by atoms with Crippen molar-refractivity contribution in [3.8, 4) is 0 Å². The summed E-state index contributed by atoms with van der Waals surface area (Å²) in [6, 6.07) is 0. The molecule has 0 amide bonds. The Morgan fingerprint density at radius 1 is 1.45 bits per heavy atom. The van der Waals surface area contributed by atoms with Gasteiger partial charge in [-0.25, -0.2) is 12.7 Å². The molecule has 0 aromatic rings. The van der Waals surface area contributed by atoms with Gasteiger partial charge in [-0.3, -0.25) is 0 Å². The zero-order valence-corrected chi connectivity index (χ0v) is 8.61. The third-order valence-corrected chi connectivity index (χ3v) is 3.44. The van der Waals surface area contributed by atoms with Crippen LogP contribution >= 0.6 is 11.6 Å². The van der Waals surface area contributed by atoms with E-state index in [2.05, 4.69) is 0 Å². The fourth-order valence-corrected chi connectivity index (χ4v) is 1.90. The van der Waals surface area contributed by atoms with Gasteiger partial charge < -0.3 is 0 Å². The van der Waals surface area contributed by atoms with Crippen molar-refractivity contribution in [1.29, 1.82) is 0 Å². The molecule has 0 bridgehead atoms. The van der Waals surface area contributed by atoms with Gasteiger partial charge in [-0.1, -0.05) is 13.8 Å². The van der Waals surface area contributed by atoms with E-state index in [9.17, 15) is 8.42 Å². The number of nitrogens with zero attached hydrogens (tertiary/aromatic N) is 1. The summed E-state index contributed by atoms with van der Waals surface area (Å²) < 4.78 is 23.3. The van der Waals surface area contributed by atoms with Gasteiger partial charge in [0.25, 0.3) is 0 Å². The molecule has 0 saturated heterocycles. The van der Waals surface area contributed by atoms with E-state index in [0.29, 0.717) is 12.5 Å². The first-order valence-corrected chi connectivity index (χ1v) is 5.54. The summed E-state index contributed by atoms with van der Waals surface area (Å²) in [5.41, 5.74) is 0. The maximum Gasteiger partial charge on any atom is 0.227 e. The normalized spacial score (nSPS) is 12.9. The highest BCUT2D eigenvalue weighted by Gasteiger charge is 2.16. The average molecular weight is 200 g/mol. The Labute approximate surface area is 73.4 Å². The van der Waals surface area contributed by atoms with Crippen LogP contribution in [0.3, 0.4) is 0 Å². The van der Waals surface area contributed by atoms with Crippen LogP contribution in [-0.2, 0) is 10.0 Å². The summed E-state index contributed by atoms with van der Waals surface area (Å²) in [7, 11) is -1.66. The molecule has 0 saturated carbocycles. The van der Waals surface area contributed by atoms with Crippen LogP contribution in [0.5, 0.6) is 0 Å². The van der Waals surface area contributed by atoms with Gasteiger partial charge in [0.05, 0.1) is 0 Å². The lowest BCUT2D eigenvalue weighted by molar-refractivity contribution is 0.420. The highest BCUT2D eigenvalue weighted by atomic mass is 35.5. The van der Waals surface area contributed by atoms with Crippen molar-refractivity contribution >= 4 is 21.6 Å². The fraction of sp³-hybridized carbons (Fsp3) is 1.00. The molecule has 0 aliphatic heterocycles. The Hall–Kier alpha value is 0.200. The Morgan fingerprint density at radius 3 is 2.18 bits per heavy atom. The molecule has 0 aliphatic carbocycles. The van der Waals surface area contributed by atoms with Crippen LogP contribution in [0.15, 0.2) is 0 Å². The van der Waals surface area contributed by atoms with Crippen LogP contribution in [0.2, 0.25) is 0 Å². The molecule has 0 radical (unpaired) electrons. The second kappa shape index (κ2) is 4.28. The molecule has 0 N–H and O–H groups in total. The predicted molar refractivity (Wildman–Crippen MR) is 47.1 cm³/mol. The van der Waals surface area contributed by atoms with Crippen LogP contribution < -0.4 is 0 Å². The highest BCUT2D eigenvalue weighted by Crippen LogP contribution is 2.04. The molecule has 0 unspecified atom stereocenters. The first-order valence-electron chi connectivity index (χ1n) is 3.40. The summed E-state index contributed by atoms with van der Waals surface area (Å²) in [6.45, 7) is 4.44. The van der Waals surface area contributed by atoms with Crippen LogP contribution in [0.25, 0.3) is 0 Å². The topological polar surface area (TPSA) is 37.4 Å². The summed E-state index contributed by atoms with van der Waals surface area (Å²) in [5.74, 6) is 0.331. The molecule has 0 aromatic carbocycles. The summed E-state index contributed by atoms with van der Waals surface area (Å²) in [5, 5.41) is -0.337. The Morgan fingerprint density at radius 2 is 1.91 bits per heavy atom. The van der Waals surface area contributed by atoms with E-state index < -0.39 is 10.0 Å². The Kier molecular flexibility index (Phi) is 4.36. The maximum atomic E-state index is 11.0. The van der Waals surface area contributed by atoms with E-state index in [4.69, 9.17) is 11.6 Å². The van der Waals surface area contributed by atoms with Crippen molar-refractivity contribution in [2.75, 3.05) is 18.8 Å². The average Bonchev–Trinajstić information content (AvgIpc) is 1.86. The van der Waals surface area contributed by atoms with Gasteiger partial charge in [0, 0.05) is 13.6 Å². The number of rotatable bonds is 4. The summed E-state index contributed by atoms with van der Waals surface area (Å²) in [6.07, 6.45) is 0. The molecule has 3 nitrogen and oxygen atoms in total. The van der Waals surface area contributed by atoms with Gasteiger partial charge in [0.1, 0.15) is 5.21 Å². The van der Waals surface area contributed by atoms with Gasteiger partial charge in [-0.2, -0.15) is 0 Å². The molecule has 0 fully saturated rings. The predicted octanol–water partition coefficient (Wildman–Crippen LogP) is 1.10. The molecule has 68 valence electrons. The van der Waals surface area contributed by atoms with Crippen LogP contribution in [0.4, 0.5) is 0 Å². The third kappa shape index (κ3) is 3.94. The number of sulfonamides is 1. The lowest BCUT2D eigenvalue weighted by atomic mass is 10.2. The zero-order chi connectivity index (χ0) is 9.07. The van der Waals surface area contributed by atoms with Crippen molar-refractivity contribution in [3.05, 3.63) is 0 Å². The smallest absolute Gasteiger partial charge is 0.211 e. The van der Waals surface area contributed by atoms with E-state index in [1.165, 1.54) is 11.4 Å². The van der Waals surface area contributed by atoms with E-state index in [1.54, 1.807) is 0 Å². The van der Waals surface area contributed by atoms with Crippen molar-refractivity contribution in [3.63, 3.8) is 0 Å². The van der Waals surface area contributed by atoms with Gasteiger partial charge in [-0.05, 0) is 5.92 Å². The van der Waals surface area contributed by atoms with E-state index in [-0.39, 0.29) is 5.21 Å². The monoisotopic (exact) mass is 199 g/mol. The quantitative estimate of drug-likeness (QED) is 0.636. The molecule has 0 rings (SSSR count). The lowest BCUT2D eigenvalue weighted by Gasteiger charge is -2.16. The van der Waals surface area contributed by atoms with Crippen LogP contribution in [0, 0.1) is 5.92 Å². The first-order chi connectivity index (χ1) is 4.90. The molecular weight excluding hydrogens is 186 g/mol. The second-order valence-electron chi connectivity index (χ2n) is 2.90. The Balaban J connectivity index is 4.14. The second-order valence-corrected chi connectivity index (χ2v) is 5.56. The van der Waals surface area contributed by atoms with E-state index in [1.807, 2.05) is 13.8 Å². The Bertz CT molecular complexity index is 201. The van der Waals surface area contributed by atoms with E-state index in [0.717, 1.165) is 0 Å². The number of hydrogen-bond donors (Lipinski definition) is 0. The van der Waals surface area contributed by atoms with Crippen molar-refractivity contribution in [2.24, 2.45) is 5.92 Å². The standard InChI is InChI=1S/C6H14ClNO2S/c1-6(2)4-8(3)11(9,10)5-7/h6H,4-5H2,1-3H3. The number of alkyl halides is 1. The molecule has 0 heterocycles. The van der Waals surface area contributed by atoms with Crippen molar-refractivity contribution in [2.45, 2.75) is 13.8 Å². The first kappa shape index (κ1) is 11.2. The van der Waals surface area contributed by atoms with Crippen molar-refractivity contribution < 1.29 is 8.42 Å². The minimum atomic E-state index is -3.19.